The highest BCUT2D eigenvalue weighted by Crippen LogP contribution is 2.27. The Hall–Kier alpha value is -1.33. The van der Waals surface area contributed by atoms with Crippen LogP contribution in [-0.4, -0.2) is 33.8 Å². The van der Waals surface area contributed by atoms with Gasteiger partial charge in [-0.25, -0.2) is 9.78 Å². The van der Waals surface area contributed by atoms with Gasteiger partial charge in [-0.2, -0.15) is 0 Å². The molecule has 1 aromatic rings. The molecule has 1 saturated carbocycles. The van der Waals surface area contributed by atoms with Gasteiger partial charge in [-0.05, 0) is 18.9 Å². The molecule has 1 fully saturated rings. The van der Waals surface area contributed by atoms with E-state index in [1.165, 1.54) is 12.3 Å². The summed E-state index contributed by atoms with van der Waals surface area (Å²) in [5, 5.41) is 21.7. The van der Waals surface area contributed by atoms with Crippen molar-refractivity contribution in [3.05, 3.63) is 22.8 Å². The van der Waals surface area contributed by atoms with Crippen LogP contribution in [0.5, 0.6) is 0 Å². The van der Waals surface area contributed by atoms with E-state index < -0.39 is 5.97 Å². The summed E-state index contributed by atoms with van der Waals surface area (Å²) in [6, 6.07) is 1.57. The predicted octanol–water partition coefficient (Wildman–Crippen LogP) is 2.40. The van der Waals surface area contributed by atoms with Gasteiger partial charge in [-0.1, -0.05) is 24.4 Å². The molecular weight excluding hydrogens is 268 g/mol. The van der Waals surface area contributed by atoms with Crippen LogP contribution in [0.2, 0.25) is 5.02 Å². The number of hydrogen-bond donors (Lipinski definition) is 3. The van der Waals surface area contributed by atoms with Crippen molar-refractivity contribution in [2.45, 2.75) is 31.7 Å². The number of nitrogens with one attached hydrogen (secondary N) is 1. The topological polar surface area (TPSA) is 82.5 Å². The molecule has 2 atom stereocenters. The molecule has 5 nitrogen and oxygen atoms in total. The normalized spacial score (nSPS) is 23.1. The lowest BCUT2D eigenvalue weighted by Crippen LogP contribution is -2.34. The molecule has 2 unspecified atom stereocenters. The van der Waals surface area contributed by atoms with E-state index in [2.05, 4.69) is 10.3 Å². The van der Waals surface area contributed by atoms with Crippen LogP contribution >= 0.6 is 11.6 Å². The molecule has 1 aromatic heterocycles. The number of carboxylic acid groups (broad SMARTS) is 1. The maximum atomic E-state index is 11.0. The number of nitrogens with zero attached hydrogens (tertiary/aromatic N) is 1. The molecule has 0 amide bonds. The zero-order valence-corrected chi connectivity index (χ0v) is 11.2. The van der Waals surface area contributed by atoms with E-state index in [9.17, 15) is 9.90 Å². The number of aliphatic hydroxyl groups is 1. The van der Waals surface area contributed by atoms with Gasteiger partial charge in [0.15, 0.2) is 0 Å². The van der Waals surface area contributed by atoms with Crippen LogP contribution in [-0.2, 0) is 0 Å². The van der Waals surface area contributed by atoms with Crippen molar-refractivity contribution >= 4 is 23.4 Å². The highest BCUT2D eigenvalue weighted by Gasteiger charge is 2.25. The zero-order valence-electron chi connectivity index (χ0n) is 10.5. The molecule has 1 aliphatic rings. The summed E-state index contributed by atoms with van der Waals surface area (Å²) in [6.45, 7) is 0.136. The first-order valence-electron chi connectivity index (χ1n) is 6.38. The molecule has 0 aromatic carbocycles. The first-order valence-corrected chi connectivity index (χ1v) is 6.76. The molecule has 3 N–H and O–H groups in total. The number of pyridine rings is 1. The minimum atomic E-state index is -1.07. The van der Waals surface area contributed by atoms with Crippen LogP contribution in [0.25, 0.3) is 0 Å². The summed E-state index contributed by atoms with van der Waals surface area (Å²) < 4.78 is 0. The number of aromatic carboxylic acids is 1. The summed E-state index contributed by atoms with van der Waals surface area (Å²) in [6.07, 6.45) is 5.50. The fraction of sp³-hybridized carbons (Fsp3) is 0.538. The molecule has 1 heterocycles. The van der Waals surface area contributed by atoms with Crippen LogP contribution in [0, 0.1) is 5.92 Å². The highest BCUT2D eigenvalue weighted by atomic mass is 35.5. The Bertz CT molecular complexity index is 467. The number of aliphatic hydroxyl groups excluding tert-OH is 1. The van der Waals surface area contributed by atoms with E-state index in [-0.39, 0.29) is 29.2 Å². The maximum absolute atomic E-state index is 11.0. The molecule has 0 spiro atoms. The van der Waals surface area contributed by atoms with E-state index in [4.69, 9.17) is 16.7 Å². The van der Waals surface area contributed by atoms with Gasteiger partial charge in [0.05, 0.1) is 10.6 Å². The van der Waals surface area contributed by atoms with Crippen molar-refractivity contribution in [2.24, 2.45) is 5.92 Å². The van der Waals surface area contributed by atoms with Crippen LogP contribution in [0.1, 0.15) is 36.0 Å². The predicted molar refractivity (Wildman–Crippen MR) is 72.7 cm³/mol. The van der Waals surface area contributed by atoms with Crippen molar-refractivity contribution in [1.82, 2.24) is 4.98 Å². The maximum Gasteiger partial charge on any atom is 0.337 e. The quantitative estimate of drug-likeness (QED) is 0.791. The Balaban J connectivity index is 2.14. The zero-order chi connectivity index (χ0) is 13.8. The first-order chi connectivity index (χ1) is 9.11. The van der Waals surface area contributed by atoms with Gasteiger partial charge < -0.3 is 15.5 Å². The average Bonchev–Trinajstić information content (AvgIpc) is 2.41. The van der Waals surface area contributed by atoms with Crippen molar-refractivity contribution in [3.8, 4) is 0 Å². The molecule has 0 saturated heterocycles. The fourth-order valence-electron chi connectivity index (χ4n) is 2.49. The van der Waals surface area contributed by atoms with Crippen LogP contribution in [0.4, 0.5) is 5.82 Å². The summed E-state index contributed by atoms with van der Waals surface area (Å²) in [5.41, 5.74) is 0.0375. The van der Waals surface area contributed by atoms with Crippen LogP contribution in [0.3, 0.4) is 0 Å². The second-order valence-electron chi connectivity index (χ2n) is 4.83. The van der Waals surface area contributed by atoms with Crippen LogP contribution < -0.4 is 5.32 Å². The highest BCUT2D eigenvalue weighted by molar-refractivity contribution is 6.33. The third-order valence-corrected chi connectivity index (χ3v) is 3.86. The second-order valence-corrected chi connectivity index (χ2v) is 5.24. The molecule has 0 radical (unpaired) electrons. The van der Waals surface area contributed by atoms with Gasteiger partial charge >= 0.3 is 5.97 Å². The molecule has 6 heteroatoms. The summed E-state index contributed by atoms with van der Waals surface area (Å²) in [7, 11) is 0. The number of rotatable bonds is 4. The summed E-state index contributed by atoms with van der Waals surface area (Å²) in [4.78, 5) is 15.1. The van der Waals surface area contributed by atoms with Crippen molar-refractivity contribution < 1.29 is 15.0 Å². The van der Waals surface area contributed by atoms with Crippen molar-refractivity contribution in [3.63, 3.8) is 0 Å². The van der Waals surface area contributed by atoms with Crippen molar-refractivity contribution in [1.29, 1.82) is 0 Å². The Morgan fingerprint density at radius 3 is 2.89 bits per heavy atom. The average molecular weight is 285 g/mol. The molecule has 19 heavy (non-hydrogen) atoms. The third-order valence-electron chi connectivity index (χ3n) is 3.56. The minimum Gasteiger partial charge on any atom is -0.478 e. The number of carboxylic acids is 1. The Labute approximate surface area is 116 Å². The number of anilines is 1. The third kappa shape index (κ3) is 3.36. The van der Waals surface area contributed by atoms with E-state index in [0.29, 0.717) is 5.82 Å². The second kappa shape index (κ2) is 6.21. The van der Waals surface area contributed by atoms with Gasteiger partial charge in [0.2, 0.25) is 0 Å². The number of halogens is 1. The number of carbonyl (C=O) groups is 1. The monoisotopic (exact) mass is 284 g/mol. The SMILES string of the molecule is O=C(O)c1cc(NC2CCCCC2CO)ncc1Cl. The molecule has 104 valence electrons. The van der Waals surface area contributed by atoms with Gasteiger partial charge in [-0.15, -0.1) is 0 Å². The Morgan fingerprint density at radius 2 is 2.21 bits per heavy atom. The van der Waals surface area contributed by atoms with Gasteiger partial charge in [0.1, 0.15) is 5.82 Å². The van der Waals surface area contributed by atoms with Gasteiger partial charge in [-0.3, -0.25) is 0 Å². The van der Waals surface area contributed by atoms with Gasteiger partial charge in [0, 0.05) is 24.8 Å². The fourth-order valence-corrected chi connectivity index (χ4v) is 2.67. The molecule has 0 aliphatic heterocycles. The van der Waals surface area contributed by atoms with E-state index in [1.807, 2.05) is 0 Å². The minimum absolute atomic E-state index is 0.0375. The lowest BCUT2D eigenvalue weighted by Gasteiger charge is -2.31. The van der Waals surface area contributed by atoms with Crippen molar-refractivity contribution in [2.75, 3.05) is 11.9 Å². The number of hydrogen-bond acceptors (Lipinski definition) is 4. The molecule has 0 bridgehead atoms. The standard InChI is InChI=1S/C13H17ClN2O3/c14-10-6-15-12(5-9(10)13(18)19)16-11-4-2-1-3-8(11)7-17/h5-6,8,11,17H,1-4,7H2,(H,15,16)(H,18,19). The molecule has 1 aliphatic carbocycles. The molecular formula is C13H17ClN2O3. The summed E-state index contributed by atoms with van der Waals surface area (Å²) >= 11 is 5.78. The lowest BCUT2D eigenvalue weighted by molar-refractivity contribution is 0.0697. The largest absolute Gasteiger partial charge is 0.478 e. The summed E-state index contributed by atoms with van der Waals surface area (Å²) in [5.74, 6) is -0.385. The molecule has 2 rings (SSSR count). The van der Waals surface area contributed by atoms with E-state index in [1.54, 1.807) is 0 Å². The Kier molecular flexibility index (Phi) is 4.61. The number of aromatic nitrogens is 1. The lowest BCUT2D eigenvalue weighted by atomic mass is 9.85. The Morgan fingerprint density at radius 1 is 1.47 bits per heavy atom. The smallest absolute Gasteiger partial charge is 0.337 e. The first kappa shape index (κ1) is 14.1. The van der Waals surface area contributed by atoms with E-state index >= 15 is 0 Å². The van der Waals surface area contributed by atoms with Crippen LogP contribution in [0.15, 0.2) is 12.3 Å². The van der Waals surface area contributed by atoms with Gasteiger partial charge in [0.25, 0.3) is 0 Å². The van der Waals surface area contributed by atoms with E-state index in [0.717, 1.165) is 25.7 Å².